The van der Waals surface area contributed by atoms with Crippen molar-refractivity contribution in [2.75, 3.05) is 0 Å². The lowest BCUT2D eigenvalue weighted by Gasteiger charge is -2.03. The minimum Gasteiger partial charge on any atom is -0.261 e. The van der Waals surface area contributed by atoms with Crippen LogP contribution in [0.15, 0.2) is 35.5 Å². The third-order valence-corrected chi connectivity index (χ3v) is 4.02. The summed E-state index contributed by atoms with van der Waals surface area (Å²) in [5.41, 5.74) is 1.82. The highest BCUT2D eigenvalue weighted by Crippen LogP contribution is 2.28. The summed E-state index contributed by atoms with van der Waals surface area (Å²) in [5, 5.41) is 9.39. The van der Waals surface area contributed by atoms with Crippen LogP contribution in [-0.4, -0.2) is 20.2 Å². The molecule has 0 atom stereocenters. The minimum atomic E-state index is 0.218. The Hall–Kier alpha value is -1.30. The molecular weight excluding hydrogens is 303 g/mol. The first-order valence-corrected chi connectivity index (χ1v) is 7.20. The molecule has 0 aliphatic heterocycles. The van der Waals surface area contributed by atoms with Crippen LogP contribution in [0, 0.1) is 0 Å². The quantitative estimate of drug-likeness (QED) is 0.452. The fraction of sp³-hybridized carbons (Fsp3) is 0.0833. The molecule has 0 saturated carbocycles. The van der Waals surface area contributed by atoms with E-state index in [-0.39, 0.29) is 5.28 Å². The highest BCUT2D eigenvalue weighted by Gasteiger charge is 2.09. The van der Waals surface area contributed by atoms with Crippen LogP contribution < -0.4 is 0 Å². The van der Waals surface area contributed by atoms with Gasteiger partial charge in [-0.05, 0) is 29.3 Å². The maximum atomic E-state index is 5.88. The lowest BCUT2D eigenvalue weighted by atomic mass is 10.2. The van der Waals surface area contributed by atoms with Crippen LogP contribution in [0.2, 0.25) is 10.3 Å². The van der Waals surface area contributed by atoms with Crippen LogP contribution in [-0.2, 0) is 5.75 Å². The number of halogens is 2. The van der Waals surface area contributed by atoms with Gasteiger partial charge >= 0.3 is 0 Å². The average Bonchev–Trinajstić information content (AvgIpc) is 2.85. The summed E-state index contributed by atoms with van der Waals surface area (Å²) in [6.45, 7) is 0. The molecule has 0 bridgehead atoms. The standard InChI is InChI=1S/C12H8Cl2N4S/c13-8-3-1-7(2-4-8)6-19-11-9-5-15-18-10(9)16-12(14)17-11/h1-5H,6H2,(H,15,16,17,18). The molecule has 0 aliphatic carbocycles. The Morgan fingerprint density at radius 2 is 1.89 bits per heavy atom. The molecule has 0 amide bonds. The van der Waals surface area contributed by atoms with Gasteiger partial charge in [-0.2, -0.15) is 10.1 Å². The Morgan fingerprint density at radius 3 is 2.68 bits per heavy atom. The number of rotatable bonds is 3. The van der Waals surface area contributed by atoms with E-state index >= 15 is 0 Å². The predicted octanol–water partition coefficient (Wildman–Crippen LogP) is 3.95. The summed E-state index contributed by atoms with van der Waals surface area (Å²) in [6.07, 6.45) is 1.70. The van der Waals surface area contributed by atoms with Crippen molar-refractivity contribution in [2.24, 2.45) is 0 Å². The Morgan fingerprint density at radius 1 is 1.11 bits per heavy atom. The van der Waals surface area contributed by atoms with E-state index in [2.05, 4.69) is 20.2 Å². The summed E-state index contributed by atoms with van der Waals surface area (Å²) < 4.78 is 0. The number of H-pyrrole nitrogens is 1. The van der Waals surface area contributed by atoms with Crippen molar-refractivity contribution >= 4 is 46.0 Å². The first kappa shape index (κ1) is 12.7. The van der Waals surface area contributed by atoms with Crippen molar-refractivity contribution in [1.82, 2.24) is 20.2 Å². The molecule has 2 aromatic heterocycles. The van der Waals surface area contributed by atoms with E-state index in [0.29, 0.717) is 5.65 Å². The van der Waals surface area contributed by atoms with Gasteiger partial charge in [0.15, 0.2) is 5.65 Å². The number of nitrogens with one attached hydrogen (secondary N) is 1. The van der Waals surface area contributed by atoms with Crippen LogP contribution in [0.1, 0.15) is 5.56 Å². The molecule has 0 aliphatic rings. The van der Waals surface area contributed by atoms with Crippen LogP contribution >= 0.6 is 35.0 Å². The number of thioether (sulfide) groups is 1. The number of benzene rings is 1. The van der Waals surface area contributed by atoms with Gasteiger partial charge in [-0.15, -0.1) is 11.8 Å². The van der Waals surface area contributed by atoms with E-state index < -0.39 is 0 Å². The Bertz CT molecular complexity index is 711. The van der Waals surface area contributed by atoms with Gasteiger partial charge in [-0.1, -0.05) is 23.7 Å². The molecule has 0 unspecified atom stereocenters. The second-order valence-electron chi connectivity index (χ2n) is 3.85. The largest absolute Gasteiger partial charge is 0.261 e. The van der Waals surface area contributed by atoms with E-state index in [9.17, 15) is 0 Å². The highest BCUT2D eigenvalue weighted by atomic mass is 35.5. The zero-order valence-electron chi connectivity index (χ0n) is 9.60. The molecule has 7 heteroatoms. The summed E-state index contributed by atoms with van der Waals surface area (Å²) >= 11 is 13.3. The summed E-state index contributed by atoms with van der Waals surface area (Å²) in [6, 6.07) is 7.73. The first-order valence-electron chi connectivity index (χ1n) is 5.46. The van der Waals surface area contributed by atoms with E-state index in [1.54, 1.807) is 18.0 Å². The summed E-state index contributed by atoms with van der Waals surface area (Å²) in [5.74, 6) is 0.783. The van der Waals surface area contributed by atoms with E-state index in [1.807, 2.05) is 24.3 Å². The smallest absolute Gasteiger partial charge is 0.225 e. The molecule has 0 saturated heterocycles. The second kappa shape index (κ2) is 5.36. The zero-order chi connectivity index (χ0) is 13.2. The van der Waals surface area contributed by atoms with Crippen molar-refractivity contribution in [3.05, 3.63) is 46.3 Å². The van der Waals surface area contributed by atoms with Gasteiger partial charge in [-0.3, -0.25) is 5.10 Å². The fourth-order valence-corrected chi connectivity index (χ4v) is 2.92. The predicted molar refractivity (Wildman–Crippen MR) is 77.7 cm³/mol. The molecule has 4 nitrogen and oxygen atoms in total. The normalized spacial score (nSPS) is 11.1. The number of aromatic amines is 1. The van der Waals surface area contributed by atoms with Crippen LogP contribution in [0.5, 0.6) is 0 Å². The molecule has 3 rings (SSSR count). The number of nitrogens with zero attached hydrogens (tertiary/aromatic N) is 3. The van der Waals surface area contributed by atoms with E-state index in [4.69, 9.17) is 23.2 Å². The maximum Gasteiger partial charge on any atom is 0.225 e. The molecule has 96 valence electrons. The van der Waals surface area contributed by atoms with Crippen LogP contribution in [0.25, 0.3) is 11.0 Å². The Balaban J connectivity index is 1.85. The second-order valence-corrected chi connectivity index (χ2v) is 5.58. The third kappa shape index (κ3) is 2.83. The Labute approximate surface area is 123 Å². The Kier molecular flexibility index (Phi) is 3.59. The van der Waals surface area contributed by atoms with Gasteiger partial charge in [0, 0.05) is 10.8 Å². The molecule has 3 aromatic rings. The van der Waals surface area contributed by atoms with Crippen molar-refractivity contribution in [3.8, 4) is 0 Å². The maximum absolute atomic E-state index is 5.88. The van der Waals surface area contributed by atoms with Crippen molar-refractivity contribution in [2.45, 2.75) is 10.8 Å². The lowest BCUT2D eigenvalue weighted by Crippen LogP contribution is -1.89. The van der Waals surface area contributed by atoms with E-state index in [0.717, 1.165) is 21.2 Å². The molecular formula is C12H8Cl2N4S. The van der Waals surface area contributed by atoms with Crippen molar-refractivity contribution in [1.29, 1.82) is 0 Å². The van der Waals surface area contributed by atoms with Gasteiger partial charge in [0.1, 0.15) is 5.03 Å². The molecule has 1 N–H and O–H groups in total. The van der Waals surface area contributed by atoms with Crippen LogP contribution in [0.3, 0.4) is 0 Å². The summed E-state index contributed by atoms with van der Waals surface area (Å²) in [4.78, 5) is 8.31. The number of aromatic nitrogens is 4. The molecule has 0 fully saturated rings. The van der Waals surface area contributed by atoms with Crippen molar-refractivity contribution < 1.29 is 0 Å². The molecule has 19 heavy (non-hydrogen) atoms. The summed E-state index contributed by atoms with van der Waals surface area (Å²) in [7, 11) is 0. The van der Waals surface area contributed by atoms with Gasteiger partial charge in [-0.25, -0.2) is 4.98 Å². The SMILES string of the molecule is Clc1ccc(CSc2nc(Cl)nc3[nH]ncc23)cc1. The lowest BCUT2D eigenvalue weighted by molar-refractivity contribution is 1.07. The number of fused-ring (bicyclic) bond motifs is 1. The molecule has 0 radical (unpaired) electrons. The van der Waals surface area contributed by atoms with Gasteiger partial charge < -0.3 is 0 Å². The van der Waals surface area contributed by atoms with Gasteiger partial charge in [0.05, 0.1) is 11.6 Å². The van der Waals surface area contributed by atoms with Crippen LogP contribution in [0.4, 0.5) is 0 Å². The highest BCUT2D eigenvalue weighted by molar-refractivity contribution is 7.98. The van der Waals surface area contributed by atoms with Crippen molar-refractivity contribution in [3.63, 3.8) is 0 Å². The third-order valence-electron chi connectivity index (χ3n) is 2.54. The zero-order valence-corrected chi connectivity index (χ0v) is 11.9. The van der Waals surface area contributed by atoms with E-state index in [1.165, 1.54) is 5.56 Å². The monoisotopic (exact) mass is 310 g/mol. The molecule has 1 aromatic carbocycles. The van der Waals surface area contributed by atoms with Gasteiger partial charge in [0.2, 0.25) is 5.28 Å². The number of hydrogen-bond acceptors (Lipinski definition) is 4. The molecule has 0 spiro atoms. The molecule has 2 heterocycles. The van der Waals surface area contributed by atoms with Gasteiger partial charge in [0.25, 0.3) is 0 Å². The first-order chi connectivity index (χ1) is 9.22. The topological polar surface area (TPSA) is 54.5 Å². The minimum absolute atomic E-state index is 0.218. The fourth-order valence-electron chi connectivity index (χ4n) is 1.62. The average molecular weight is 311 g/mol. The number of hydrogen-bond donors (Lipinski definition) is 1.